The van der Waals surface area contributed by atoms with Gasteiger partial charge in [0.1, 0.15) is 23.6 Å². The first kappa shape index (κ1) is 17.5. The zero-order valence-corrected chi connectivity index (χ0v) is 14.4. The van der Waals surface area contributed by atoms with E-state index in [0.29, 0.717) is 12.0 Å². The number of hydrogen-bond donors (Lipinski definition) is 2. The van der Waals surface area contributed by atoms with Gasteiger partial charge in [0.2, 0.25) is 0 Å². The maximum atomic E-state index is 12.2. The summed E-state index contributed by atoms with van der Waals surface area (Å²) in [5, 5.41) is 0. The first-order chi connectivity index (χ1) is 11.2. The molecule has 11 heteroatoms. The van der Waals surface area contributed by atoms with E-state index >= 15 is 0 Å². The van der Waals surface area contributed by atoms with Crippen molar-refractivity contribution in [3.05, 3.63) is 22.2 Å². The summed E-state index contributed by atoms with van der Waals surface area (Å²) in [6, 6.07) is 0. The van der Waals surface area contributed by atoms with Crippen LogP contribution in [0.3, 0.4) is 0 Å². The maximum absolute atomic E-state index is 12.2. The molecule has 24 heavy (non-hydrogen) atoms. The van der Waals surface area contributed by atoms with E-state index < -0.39 is 37.5 Å². The molecule has 10 nitrogen and oxygen atoms in total. The third kappa shape index (κ3) is 2.69. The number of rotatable bonds is 5. The van der Waals surface area contributed by atoms with E-state index in [9.17, 15) is 14.3 Å². The summed E-state index contributed by atoms with van der Waals surface area (Å²) in [4.78, 5) is 25.6. The smallest absolute Gasteiger partial charge is 0.383 e. The molecule has 0 spiro atoms. The predicted molar refractivity (Wildman–Crippen MR) is 82.2 cm³/mol. The molecule has 1 aromatic rings. The maximum Gasteiger partial charge on any atom is 0.472 e. The fourth-order valence-electron chi connectivity index (χ4n) is 3.05. The lowest BCUT2D eigenvalue weighted by Gasteiger charge is -2.30. The summed E-state index contributed by atoms with van der Waals surface area (Å²) < 4.78 is 34.5. The second-order valence-corrected chi connectivity index (χ2v) is 7.39. The molecule has 0 amide bonds. The topological polar surface area (TPSA) is 135 Å². The van der Waals surface area contributed by atoms with E-state index in [1.54, 1.807) is 6.92 Å². The Hall–Kier alpha value is -1.29. The van der Waals surface area contributed by atoms with Crippen LogP contribution in [0, 0.1) is 6.92 Å². The molecular weight excluding hydrogens is 341 g/mol. The Labute approximate surface area is 138 Å². The van der Waals surface area contributed by atoms with Gasteiger partial charge < -0.3 is 20.1 Å². The van der Waals surface area contributed by atoms with Gasteiger partial charge in [-0.05, 0) is 13.3 Å². The number of phosphoric acid groups is 1. The molecule has 1 aromatic heterocycles. The molecule has 3 N–H and O–H groups in total. The first-order valence-electron chi connectivity index (χ1n) is 7.44. The summed E-state index contributed by atoms with van der Waals surface area (Å²) in [5.74, 6) is 0.137. The number of hydrogen-bond acceptors (Lipinski definition) is 8. The molecule has 0 aliphatic carbocycles. The van der Waals surface area contributed by atoms with Gasteiger partial charge >= 0.3 is 13.5 Å². The molecule has 2 aliphatic rings. The van der Waals surface area contributed by atoms with Gasteiger partial charge in [-0.1, -0.05) is 6.92 Å². The van der Waals surface area contributed by atoms with Crippen molar-refractivity contribution < 1.29 is 28.0 Å². The molecule has 5 atom stereocenters. The van der Waals surface area contributed by atoms with Crippen LogP contribution in [-0.4, -0.2) is 46.0 Å². The van der Waals surface area contributed by atoms with Gasteiger partial charge in [-0.15, -0.1) is 0 Å². The summed E-state index contributed by atoms with van der Waals surface area (Å²) in [6.07, 6.45) is -0.449. The zero-order valence-electron chi connectivity index (χ0n) is 13.5. The van der Waals surface area contributed by atoms with Crippen LogP contribution < -0.4 is 11.4 Å². The van der Waals surface area contributed by atoms with Crippen LogP contribution in [0.4, 0.5) is 5.82 Å². The Kier molecular flexibility index (Phi) is 4.31. The molecule has 3 rings (SSSR count). The highest BCUT2D eigenvalue weighted by molar-refractivity contribution is 7.47. The van der Waals surface area contributed by atoms with Crippen LogP contribution in [0.1, 0.15) is 25.1 Å². The van der Waals surface area contributed by atoms with Crippen molar-refractivity contribution in [3.63, 3.8) is 0 Å². The number of nitrogen functional groups attached to an aromatic ring is 1. The van der Waals surface area contributed by atoms with Crippen LogP contribution in [0.25, 0.3) is 0 Å². The molecule has 2 aliphatic heterocycles. The standard InChI is InChI=1S/C13H20N3O7P/c1-4-13-6-21-8(9(13)23-24(18,19)20-3)11(22-13)16-5-7(2)10(14)15-12(16)17/h5,8-9,11H,4,6H2,1-3H3,(H,18,19)(H2,14,15,17)/t8?,9?,11-,13-/m1/s1. The summed E-state index contributed by atoms with van der Waals surface area (Å²) in [7, 11) is -3.17. The second kappa shape index (κ2) is 5.91. The Morgan fingerprint density at radius 3 is 2.96 bits per heavy atom. The Balaban J connectivity index is 1.98. The van der Waals surface area contributed by atoms with Crippen LogP contribution in [0.15, 0.2) is 11.0 Å². The van der Waals surface area contributed by atoms with E-state index in [2.05, 4.69) is 9.51 Å². The highest BCUT2D eigenvalue weighted by atomic mass is 31.2. The normalized spacial score (nSPS) is 34.4. The minimum Gasteiger partial charge on any atom is -0.383 e. The largest absolute Gasteiger partial charge is 0.472 e. The lowest BCUT2D eigenvalue weighted by atomic mass is 9.96. The number of aromatic nitrogens is 2. The van der Waals surface area contributed by atoms with Crippen LogP contribution in [-0.2, 0) is 23.1 Å². The number of aryl methyl sites for hydroxylation is 1. The number of anilines is 1. The van der Waals surface area contributed by atoms with E-state index in [1.165, 1.54) is 10.8 Å². The van der Waals surface area contributed by atoms with Crippen molar-refractivity contribution >= 4 is 13.6 Å². The SMILES string of the molecule is CC[C@@]12COC(C1OP(=O)(O)OC)[C@H](n1cc(C)c(N)nc1=O)O2. The van der Waals surface area contributed by atoms with E-state index in [4.69, 9.17) is 19.7 Å². The van der Waals surface area contributed by atoms with Crippen molar-refractivity contribution in [3.8, 4) is 0 Å². The molecule has 134 valence electrons. The fraction of sp³-hybridized carbons (Fsp3) is 0.692. The van der Waals surface area contributed by atoms with Crippen LogP contribution in [0.5, 0.6) is 0 Å². The molecule has 0 aromatic carbocycles. The number of phosphoric ester groups is 1. The molecule has 3 heterocycles. The summed E-state index contributed by atoms with van der Waals surface area (Å²) >= 11 is 0. The third-order valence-corrected chi connectivity index (χ3v) is 5.45. The van der Waals surface area contributed by atoms with Gasteiger partial charge in [0.15, 0.2) is 6.23 Å². The molecule has 2 bridgehead atoms. The second-order valence-electron chi connectivity index (χ2n) is 5.88. The Morgan fingerprint density at radius 1 is 1.62 bits per heavy atom. The quantitative estimate of drug-likeness (QED) is 0.712. The minimum atomic E-state index is -4.24. The van der Waals surface area contributed by atoms with Gasteiger partial charge in [0, 0.05) is 18.9 Å². The van der Waals surface area contributed by atoms with Gasteiger partial charge in [-0.2, -0.15) is 4.98 Å². The van der Waals surface area contributed by atoms with E-state index in [-0.39, 0.29) is 12.4 Å². The van der Waals surface area contributed by atoms with Gasteiger partial charge in [-0.25, -0.2) is 9.36 Å². The minimum absolute atomic E-state index is 0.137. The lowest BCUT2D eigenvalue weighted by molar-refractivity contribution is -0.175. The Morgan fingerprint density at radius 2 is 2.33 bits per heavy atom. The molecule has 3 unspecified atom stereocenters. The van der Waals surface area contributed by atoms with Crippen molar-refractivity contribution in [2.45, 2.75) is 44.3 Å². The van der Waals surface area contributed by atoms with Crippen molar-refractivity contribution in [2.75, 3.05) is 19.5 Å². The number of fused-ring (bicyclic) bond motifs is 2. The highest BCUT2D eigenvalue weighted by Crippen LogP contribution is 2.54. The zero-order chi connectivity index (χ0) is 17.7. The number of ether oxygens (including phenoxy) is 2. The van der Waals surface area contributed by atoms with Gasteiger partial charge in [0.25, 0.3) is 0 Å². The van der Waals surface area contributed by atoms with Gasteiger partial charge in [0.05, 0.1) is 6.61 Å². The summed E-state index contributed by atoms with van der Waals surface area (Å²) in [5.41, 5.74) is 4.70. The Bertz CT molecular complexity index is 754. The third-order valence-electron chi connectivity index (χ3n) is 4.50. The lowest BCUT2D eigenvalue weighted by Crippen LogP contribution is -2.41. The van der Waals surface area contributed by atoms with Crippen LogP contribution in [0.2, 0.25) is 0 Å². The average Bonchev–Trinajstić information content (AvgIpc) is 3.03. The van der Waals surface area contributed by atoms with E-state index in [1.807, 2.05) is 6.92 Å². The van der Waals surface area contributed by atoms with Crippen molar-refractivity contribution in [1.29, 1.82) is 0 Å². The predicted octanol–water partition coefficient (Wildman–Crippen LogP) is 0.342. The van der Waals surface area contributed by atoms with Gasteiger partial charge in [-0.3, -0.25) is 13.6 Å². The summed E-state index contributed by atoms with van der Waals surface area (Å²) in [6.45, 7) is 3.74. The molecule has 0 radical (unpaired) electrons. The van der Waals surface area contributed by atoms with Crippen molar-refractivity contribution in [1.82, 2.24) is 9.55 Å². The molecule has 0 saturated carbocycles. The van der Waals surface area contributed by atoms with Crippen molar-refractivity contribution in [2.24, 2.45) is 0 Å². The number of nitrogens with two attached hydrogens (primary N) is 1. The molecule has 2 fully saturated rings. The first-order valence-corrected chi connectivity index (χ1v) is 8.94. The average molecular weight is 361 g/mol. The molecular formula is C13H20N3O7P. The monoisotopic (exact) mass is 361 g/mol. The molecule has 2 saturated heterocycles. The number of nitrogens with zero attached hydrogens (tertiary/aromatic N) is 2. The van der Waals surface area contributed by atoms with E-state index in [0.717, 1.165) is 7.11 Å². The fourth-order valence-corrected chi connectivity index (χ4v) is 3.74. The van der Waals surface area contributed by atoms with Crippen LogP contribution >= 0.6 is 7.82 Å². The highest BCUT2D eigenvalue weighted by Gasteiger charge is 2.63.